The van der Waals surface area contributed by atoms with E-state index < -0.39 is 0 Å². The van der Waals surface area contributed by atoms with Crippen molar-refractivity contribution in [1.82, 2.24) is 0 Å². The second-order valence-corrected chi connectivity index (χ2v) is 6.01. The Morgan fingerprint density at radius 3 is 2.67 bits per heavy atom. The molecule has 2 rings (SSSR count). The van der Waals surface area contributed by atoms with Crippen molar-refractivity contribution in [2.45, 2.75) is 71.4 Å². The summed E-state index contributed by atoms with van der Waals surface area (Å²) in [6, 6.07) is 1.99. The van der Waals surface area contributed by atoms with Gasteiger partial charge in [-0.25, -0.2) is 0 Å². The number of rotatable bonds is 2. The molecule has 5 atom stereocenters. The molecule has 2 heterocycles. The van der Waals surface area contributed by atoms with Gasteiger partial charge in [0.15, 0.2) is 0 Å². The lowest BCUT2D eigenvalue weighted by molar-refractivity contribution is -0.968. The molecule has 0 saturated carbocycles. The van der Waals surface area contributed by atoms with Crippen LogP contribution in [-0.2, 0) is 0 Å². The average molecular weight is 210 g/mol. The molecule has 0 amide bonds. The van der Waals surface area contributed by atoms with E-state index in [1.54, 1.807) is 0 Å². The third kappa shape index (κ3) is 2.22. The van der Waals surface area contributed by atoms with Crippen LogP contribution in [0.2, 0.25) is 0 Å². The molecule has 2 aliphatic heterocycles. The highest BCUT2D eigenvalue weighted by Crippen LogP contribution is 2.27. The third-order valence-corrected chi connectivity index (χ3v) is 4.90. The van der Waals surface area contributed by atoms with Gasteiger partial charge in [-0.05, 0) is 32.1 Å². The molecule has 0 aromatic heterocycles. The van der Waals surface area contributed by atoms with E-state index in [2.05, 4.69) is 20.8 Å². The predicted molar refractivity (Wildman–Crippen MR) is 65.1 cm³/mol. The van der Waals surface area contributed by atoms with Crippen molar-refractivity contribution < 1.29 is 4.90 Å². The van der Waals surface area contributed by atoms with Gasteiger partial charge in [-0.1, -0.05) is 27.2 Å². The number of hydrogen-bond donors (Lipinski definition) is 1. The highest BCUT2D eigenvalue weighted by molar-refractivity contribution is 4.80. The van der Waals surface area contributed by atoms with Crippen LogP contribution >= 0.6 is 0 Å². The lowest BCUT2D eigenvalue weighted by Gasteiger charge is -2.48. The largest absolute Gasteiger partial charge is 0.330 e. The Kier molecular flexibility index (Phi) is 3.71. The molecule has 0 radical (unpaired) electrons. The summed E-state index contributed by atoms with van der Waals surface area (Å²) in [6.45, 7) is 8.80. The summed E-state index contributed by atoms with van der Waals surface area (Å²) in [4.78, 5) is 1.98. The zero-order valence-corrected chi connectivity index (χ0v) is 10.8. The van der Waals surface area contributed by atoms with Crippen LogP contribution in [0.5, 0.6) is 0 Å². The molecule has 0 bridgehead atoms. The third-order valence-electron chi connectivity index (χ3n) is 4.90. The van der Waals surface area contributed by atoms with Gasteiger partial charge in [0.2, 0.25) is 0 Å². The minimum atomic E-state index is 0.962. The quantitative estimate of drug-likeness (QED) is 0.713. The van der Waals surface area contributed by atoms with E-state index in [0.29, 0.717) is 0 Å². The Balaban J connectivity index is 2.08. The van der Waals surface area contributed by atoms with E-state index in [4.69, 9.17) is 0 Å². The maximum absolute atomic E-state index is 2.49. The van der Waals surface area contributed by atoms with Crippen molar-refractivity contribution in [2.24, 2.45) is 11.8 Å². The average Bonchev–Trinajstić information content (AvgIpc) is 2.24. The molecule has 2 saturated heterocycles. The fraction of sp³-hybridized carbons (Fsp3) is 1.00. The topological polar surface area (TPSA) is 4.44 Å². The van der Waals surface area contributed by atoms with E-state index in [1.807, 2.05) is 4.90 Å². The number of fused-ring (bicyclic) bond motifs is 1. The first-order valence-corrected chi connectivity index (χ1v) is 7.09. The minimum absolute atomic E-state index is 0.962. The summed E-state index contributed by atoms with van der Waals surface area (Å²) in [7, 11) is 0. The van der Waals surface area contributed by atoms with Crippen molar-refractivity contribution in [2.75, 3.05) is 6.54 Å². The molecular formula is C14H28N+. The number of piperidine rings is 2. The number of nitrogens with one attached hydrogen (secondary N) is 1. The van der Waals surface area contributed by atoms with E-state index in [0.717, 1.165) is 23.9 Å². The van der Waals surface area contributed by atoms with Crippen LogP contribution in [0.3, 0.4) is 0 Å². The van der Waals surface area contributed by atoms with Gasteiger partial charge >= 0.3 is 0 Å². The maximum Gasteiger partial charge on any atom is 0.0902 e. The first-order chi connectivity index (χ1) is 7.24. The first kappa shape index (κ1) is 11.4. The van der Waals surface area contributed by atoms with Crippen molar-refractivity contribution in [3.05, 3.63) is 0 Å². The standard InChI is InChI=1S/C14H27N/c1-4-7-13-11(2)10-12(3)14-8-5-6-9-15(13)14/h11-14H,4-10H2,1-3H3/p+1/t11-,12-,13-,14+/m0/s1. The summed E-state index contributed by atoms with van der Waals surface area (Å²) >= 11 is 0. The van der Waals surface area contributed by atoms with Crippen LogP contribution in [0.1, 0.15) is 59.3 Å². The SMILES string of the molecule is CCC[C@H]1[C@@H](C)C[C@H](C)[C@H]2CCCC[NH+]21. The lowest BCUT2D eigenvalue weighted by Crippen LogP contribution is -3.22. The molecule has 88 valence electrons. The minimum Gasteiger partial charge on any atom is -0.330 e. The van der Waals surface area contributed by atoms with Crippen molar-refractivity contribution in [3.8, 4) is 0 Å². The van der Waals surface area contributed by atoms with Crippen molar-refractivity contribution >= 4 is 0 Å². The van der Waals surface area contributed by atoms with Crippen LogP contribution in [0.4, 0.5) is 0 Å². The molecule has 1 N–H and O–H groups in total. The van der Waals surface area contributed by atoms with Crippen LogP contribution in [-0.4, -0.2) is 18.6 Å². The van der Waals surface area contributed by atoms with Crippen molar-refractivity contribution in [1.29, 1.82) is 0 Å². The summed E-state index contributed by atoms with van der Waals surface area (Å²) in [5.74, 6) is 1.94. The van der Waals surface area contributed by atoms with Gasteiger partial charge in [0.05, 0.1) is 18.6 Å². The Bertz CT molecular complexity index is 202. The Labute approximate surface area is 95.2 Å². The molecule has 0 aliphatic carbocycles. The lowest BCUT2D eigenvalue weighted by atomic mass is 9.75. The monoisotopic (exact) mass is 210 g/mol. The van der Waals surface area contributed by atoms with Gasteiger partial charge in [0, 0.05) is 11.8 Å². The molecule has 0 spiro atoms. The first-order valence-electron chi connectivity index (χ1n) is 7.09. The second-order valence-electron chi connectivity index (χ2n) is 6.01. The highest BCUT2D eigenvalue weighted by Gasteiger charge is 2.43. The van der Waals surface area contributed by atoms with Gasteiger partial charge < -0.3 is 4.90 Å². The zero-order valence-electron chi connectivity index (χ0n) is 10.8. The van der Waals surface area contributed by atoms with E-state index in [1.165, 1.54) is 45.1 Å². The second kappa shape index (κ2) is 4.86. The van der Waals surface area contributed by atoms with Gasteiger partial charge in [0.1, 0.15) is 0 Å². The summed E-state index contributed by atoms with van der Waals surface area (Å²) in [5, 5.41) is 0. The fourth-order valence-corrected chi connectivity index (χ4v) is 4.24. The van der Waals surface area contributed by atoms with E-state index in [9.17, 15) is 0 Å². The molecular weight excluding hydrogens is 182 g/mol. The smallest absolute Gasteiger partial charge is 0.0902 e. The molecule has 2 aliphatic rings. The maximum atomic E-state index is 2.49. The van der Waals surface area contributed by atoms with Crippen LogP contribution < -0.4 is 4.90 Å². The van der Waals surface area contributed by atoms with Gasteiger partial charge in [-0.15, -0.1) is 0 Å². The van der Waals surface area contributed by atoms with Crippen LogP contribution in [0.25, 0.3) is 0 Å². The van der Waals surface area contributed by atoms with E-state index >= 15 is 0 Å². The van der Waals surface area contributed by atoms with Crippen LogP contribution in [0.15, 0.2) is 0 Å². The van der Waals surface area contributed by atoms with Crippen molar-refractivity contribution in [3.63, 3.8) is 0 Å². The zero-order chi connectivity index (χ0) is 10.8. The molecule has 1 heteroatoms. The molecule has 15 heavy (non-hydrogen) atoms. The summed E-state index contributed by atoms with van der Waals surface area (Å²) < 4.78 is 0. The van der Waals surface area contributed by atoms with Gasteiger partial charge in [-0.2, -0.15) is 0 Å². The van der Waals surface area contributed by atoms with E-state index in [-0.39, 0.29) is 0 Å². The summed E-state index contributed by atoms with van der Waals surface area (Å²) in [5.41, 5.74) is 0. The number of hydrogen-bond acceptors (Lipinski definition) is 0. The molecule has 1 unspecified atom stereocenters. The normalized spacial score (nSPS) is 46.2. The number of quaternary nitrogens is 1. The molecule has 0 aromatic rings. The highest BCUT2D eigenvalue weighted by atomic mass is 15.2. The Morgan fingerprint density at radius 2 is 1.93 bits per heavy atom. The Morgan fingerprint density at radius 1 is 1.13 bits per heavy atom. The summed E-state index contributed by atoms with van der Waals surface area (Å²) in [6.07, 6.45) is 8.79. The Hall–Kier alpha value is -0.0400. The predicted octanol–water partition coefficient (Wildman–Crippen LogP) is 2.27. The molecule has 2 fully saturated rings. The van der Waals surface area contributed by atoms with Gasteiger partial charge in [0.25, 0.3) is 0 Å². The van der Waals surface area contributed by atoms with Crippen LogP contribution in [0, 0.1) is 11.8 Å². The molecule has 0 aromatic carbocycles. The fourth-order valence-electron chi connectivity index (χ4n) is 4.24. The van der Waals surface area contributed by atoms with Gasteiger partial charge in [-0.3, -0.25) is 0 Å². The molecule has 1 nitrogen and oxygen atoms in total.